The summed E-state index contributed by atoms with van der Waals surface area (Å²) in [6.45, 7) is 4.12. The average Bonchev–Trinajstić information content (AvgIpc) is 2.64. The Hall–Kier alpha value is -0.520. The summed E-state index contributed by atoms with van der Waals surface area (Å²) in [7, 11) is 6.69. The van der Waals surface area contributed by atoms with E-state index in [1.165, 1.54) is 0 Å². The monoisotopic (exact) mass is 286 g/mol. The van der Waals surface area contributed by atoms with E-state index in [9.17, 15) is 5.11 Å². The van der Waals surface area contributed by atoms with Gasteiger partial charge in [0.25, 0.3) is 0 Å². The van der Waals surface area contributed by atoms with Crippen LogP contribution in [0.1, 0.15) is 24.7 Å². The van der Waals surface area contributed by atoms with E-state index in [1.807, 2.05) is 18.2 Å². The standard InChI is InChI=1S/C13H18O3S2/c1-13(2)12(14)11(17-18-13)9-6-5-8(15-3)7-10(9)16-4/h5-7,11-12,14H,1-4H3. The Morgan fingerprint density at radius 3 is 2.44 bits per heavy atom. The lowest BCUT2D eigenvalue weighted by molar-refractivity contribution is 0.142. The fourth-order valence-electron chi connectivity index (χ4n) is 1.92. The maximum atomic E-state index is 10.4. The summed E-state index contributed by atoms with van der Waals surface area (Å²) < 4.78 is 10.5. The normalized spacial score (nSPS) is 26.1. The molecule has 100 valence electrons. The molecule has 18 heavy (non-hydrogen) atoms. The molecule has 2 atom stereocenters. The lowest BCUT2D eigenvalue weighted by atomic mass is 9.97. The molecule has 2 rings (SSSR count). The Labute approximate surface area is 116 Å². The van der Waals surface area contributed by atoms with Gasteiger partial charge in [-0.15, -0.1) is 0 Å². The van der Waals surface area contributed by atoms with Gasteiger partial charge in [-0.05, 0) is 19.9 Å². The van der Waals surface area contributed by atoms with Crippen LogP contribution >= 0.6 is 21.6 Å². The minimum absolute atomic E-state index is 0.0332. The van der Waals surface area contributed by atoms with E-state index in [-0.39, 0.29) is 10.00 Å². The molecule has 1 fully saturated rings. The van der Waals surface area contributed by atoms with Crippen LogP contribution in [0.3, 0.4) is 0 Å². The van der Waals surface area contributed by atoms with Gasteiger partial charge in [0, 0.05) is 16.4 Å². The van der Waals surface area contributed by atoms with E-state index in [0.29, 0.717) is 0 Å². The molecule has 1 aromatic rings. The van der Waals surface area contributed by atoms with Crippen LogP contribution in [0.5, 0.6) is 11.5 Å². The van der Waals surface area contributed by atoms with Crippen molar-refractivity contribution in [1.82, 2.24) is 0 Å². The van der Waals surface area contributed by atoms with Crippen molar-refractivity contribution in [2.45, 2.75) is 29.9 Å². The third kappa shape index (κ3) is 2.44. The van der Waals surface area contributed by atoms with Gasteiger partial charge in [-0.3, -0.25) is 0 Å². The summed E-state index contributed by atoms with van der Waals surface area (Å²) in [6, 6.07) is 5.74. The van der Waals surface area contributed by atoms with Crippen molar-refractivity contribution < 1.29 is 14.6 Å². The molecule has 1 aliphatic heterocycles. The van der Waals surface area contributed by atoms with Crippen molar-refractivity contribution in [2.24, 2.45) is 0 Å². The molecule has 0 spiro atoms. The van der Waals surface area contributed by atoms with E-state index in [1.54, 1.807) is 35.8 Å². The van der Waals surface area contributed by atoms with Crippen molar-refractivity contribution >= 4 is 21.6 Å². The Balaban J connectivity index is 2.34. The zero-order valence-corrected chi connectivity index (χ0v) is 12.6. The minimum atomic E-state index is -0.394. The van der Waals surface area contributed by atoms with Gasteiger partial charge in [-0.1, -0.05) is 27.7 Å². The molecule has 1 aliphatic rings. The first-order valence-electron chi connectivity index (χ1n) is 5.74. The van der Waals surface area contributed by atoms with E-state index in [0.717, 1.165) is 17.1 Å². The van der Waals surface area contributed by atoms with Crippen molar-refractivity contribution in [3.8, 4) is 11.5 Å². The second kappa shape index (κ2) is 5.23. The Morgan fingerprint density at radius 2 is 1.94 bits per heavy atom. The van der Waals surface area contributed by atoms with Crippen LogP contribution in [-0.4, -0.2) is 30.2 Å². The van der Waals surface area contributed by atoms with Crippen LogP contribution in [0.15, 0.2) is 18.2 Å². The smallest absolute Gasteiger partial charge is 0.127 e. The van der Waals surface area contributed by atoms with Crippen molar-refractivity contribution in [3.63, 3.8) is 0 Å². The molecular formula is C13H18O3S2. The van der Waals surface area contributed by atoms with Crippen molar-refractivity contribution in [1.29, 1.82) is 0 Å². The molecule has 1 saturated heterocycles. The van der Waals surface area contributed by atoms with Crippen LogP contribution in [-0.2, 0) is 0 Å². The van der Waals surface area contributed by atoms with E-state index < -0.39 is 6.10 Å². The van der Waals surface area contributed by atoms with Crippen LogP contribution in [0.2, 0.25) is 0 Å². The predicted octanol–water partition coefficient (Wildman–Crippen LogP) is 3.28. The summed E-state index contributed by atoms with van der Waals surface area (Å²) in [4.78, 5) is 0. The fourth-order valence-corrected chi connectivity index (χ4v) is 5.31. The lowest BCUT2D eigenvalue weighted by Gasteiger charge is -2.24. The molecular weight excluding hydrogens is 268 g/mol. The molecule has 0 aliphatic carbocycles. The topological polar surface area (TPSA) is 38.7 Å². The number of aliphatic hydroxyl groups is 1. The first kappa shape index (κ1) is 13.9. The van der Waals surface area contributed by atoms with Gasteiger partial charge in [0.2, 0.25) is 0 Å². The molecule has 1 aromatic carbocycles. The highest BCUT2D eigenvalue weighted by Gasteiger charge is 2.44. The Morgan fingerprint density at radius 1 is 1.22 bits per heavy atom. The first-order valence-corrected chi connectivity index (χ1v) is 7.95. The van der Waals surface area contributed by atoms with Crippen LogP contribution in [0, 0.1) is 0 Å². The summed E-state index contributed by atoms with van der Waals surface area (Å²) in [5.74, 6) is 1.53. The van der Waals surface area contributed by atoms with E-state index >= 15 is 0 Å². The third-order valence-corrected chi connectivity index (χ3v) is 6.80. The second-order valence-corrected chi connectivity index (χ2v) is 7.75. The van der Waals surface area contributed by atoms with Gasteiger partial charge in [0.15, 0.2) is 0 Å². The second-order valence-electron chi connectivity index (χ2n) is 4.76. The largest absolute Gasteiger partial charge is 0.497 e. The Kier molecular flexibility index (Phi) is 4.04. The lowest BCUT2D eigenvalue weighted by Crippen LogP contribution is -2.31. The Bertz CT molecular complexity index is 434. The number of hydrogen-bond donors (Lipinski definition) is 1. The quantitative estimate of drug-likeness (QED) is 0.863. The van der Waals surface area contributed by atoms with Gasteiger partial charge in [-0.2, -0.15) is 0 Å². The summed E-state index contributed by atoms with van der Waals surface area (Å²) in [6.07, 6.45) is -0.394. The summed E-state index contributed by atoms with van der Waals surface area (Å²) in [5, 5.41) is 10.4. The van der Waals surface area contributed by atoms with E-state index in [4.69, 9.17) is 9.47 Å². The zero-order valence-electron chi connectivity index (χ0n) is 11.0. The number of hydrogen-bond acceptors (Lipinski definition) is 5. The van der Waals surface area contributed by atoms with Gasteiger partial charge in [-0.25, -0.2) is 0 Å². The van der Waals surface area contributed by atoms with Gasteiger partial charge in [0.1, 0.15) is 11.5 Å². The summed E-state index contributed by atoms with van der Waals surface area (Å²) >= 11 is 0. The van der Waals surface area contributed by atoms with Gasteiger partial charge >= 0.3 is 0 Å². The molecule has 0 radical (unpaired) electrons. The zero-order chi connectivity index (χ0) is 13.3. The highest BCUT2D eigenvalue weighted by Crippen LogP contribution is 2.59. The fraction of sp³-hybridized carbons (Fsp3) is 0.538. The first-order chi connectivity index (χ1) is 8.49. The minimum Gasteiger partial charge on any atom is -0.497 e. The number of rotatable bonds is 3. The molecule has 1 heterocycles. The highest BCUT2D eigenvalue weighted by atomic mass is 33.1. The van der Waals surface area contributed by atoms with Crippen LogP contribution in [0.4, 0.5) is 0 Å². The number of ether oxygens (including phenoxy) is 2. The van der Waals surface area contributed by atoms with Crippen molar-refractivity contribution in [3.05, 3.63) is 23.8 Å². The van der Waals surface area contributed by atoms with Crippen LogP contribution in [0.25, 0.3) is 0 Å². The predicted molar refractivity (Wildman–Crippen MR) is 77.6 cm³/mol. The van der Waals surface area contributed by atoms with Crippen LogP contribution < -0.4 is 9.47 Å². The highest BCUT2D eigenvalue weighted by molar-refractivity contribution is 8.77. The molecule has 0 bridgehead atoms. The molecule has 0 aromatic heterocycles. The summed E-state index contributed by atoms with van der Waals surface area (Å²) in [5.41, 5.74) is 1.02. The molecule has 2 unspecified atom stereocenters. The van der Waals surface area contributed by atoms with Gasteiger partial charge < -0.3 is 14.6 Å². The molecule has 0 amide bonds. The number of benzene rings is 1. The molecule has 1 N–H and O–H groups in total. The van der Waals surface area contributed by atoms with Crippen molar-refractivity contribution in [2.75, 3.05) is 14.2 Å². The SMILES string of the molecule is COc1ccc(C2SSC(C)(C)C2O)c(OC)c1. The number of aliphatic hydroxyl groups excluding tert-OH is 1. The van der Waals surface area contributed by atoms with Gasteiger partial charge in [0.05, 0.1) is 25.6 Å². The number of methoxy groups -OCH3 is 2. The third-order valence-electron chi connectivity index (χ3n) is 3.11. The maximum absolute atomic E-state index is 10.4. The van der Waals surface area contributed by atoms with E-state index in [2.05, 4.69) is 13.8 Å². The average molecular weight is 286 g/mol. The molecule has 0 saturated carbocycles. The molecule has 3 nitrogen and oxygen atoms in total. The maximum Gasteiger partial charge on any atom is 0.127 e. The molecule has 5 heteroatoms.